The fourth-order valence-corrected chi connectivity index (χ4v) is 3.47. The van der Waals surface area contributed by atoms with Crippen molar-refractivity contribution in [2.45, 2.75) is 31.0 Å². The van der Waals surface area contributed by atoms with Gasteiger partial charge in [0.2, 0.25) is 0 Å². The number of ether oxygens (including phenoxy) is 1. The van der Waals surface area contributed by atoms with Crippen LogP contribution in [0.15, 0.2) is 10.8 Å². The van der Waals surface area contributed by atoms with Crippen molar-refractivity contribution in [3.63, 3.8) is 0 Å². The average molecular weight is 287 g/mol. The van der Waals surface area contributed by atoms with Gasteiger partial charge < -0.3 is 15.4 Å². The SMILES string of the molecule is O=C1N[C@@H]2C[C@@H](NC(=O)c3cscc3Cl)[C@@H](C2)O1. The van der Waals surface area contributed by atoms with Gasteiger partial charge in [-0.1, -0.05) is 11.6 Å². The minimum Gasteiger partial charge on any atom is -0.444 e. The Morgan fingerprint density at radius 3 is 3.06 bits per heavy atom. The highest BCUT2D eigenvalue weighted by molar-refractivity contribution is 7.08. The van der Waals surface area contributed by atoms with E-state index in [1.54, 1.807) is 10.8 Å². The number of thiophene rings is 1. The maximum Gasteiger partial charge on any atom is 0.407 e. The fourth-order valence-electron chi connectivity index (χ4n) is 2.43. The normalized spacial score (nSPS) is 29.6. The van der Waals surface area contributed by atoms with Crippen LogP contribution in [0, 0.1) is 0 Å². The van der Waals surface area contributed by atoms with Crippen molar-refractivity contribution in [3.8, 4) is 0 Å². The molecule has 1 saturated heterocycles. The molecule has 2 N–H and O–H groups in total. The summed E-state index contributed by atoms with van der Waals surface area (Å²) in [6, 6.07) is -0.0445. The quantitative estimate of drug-likeness (QED) is 0.871. The lowest BCUT2D eigenvalue weighted by Crippen LogP contribution is -2.43. The number of amides is 2. The molecule has 1 aromatic rings. The van der Waals surface area contributed by atoms with Crippen LogP contribution in [0.25, 0.3) is 0 Å². The molecule has 2 bridgehead atoms. The molecular formula is C11H11ClN2O3S. The number of nitrogens with one attached hydrogen (secondary N) is 2. The Labute approximate surface area is 112 Å². The summed E-state index contributed by atoms with van der Waals surface area (Å²) in [4.78, 5) is 23.2. The highest BCUT2D eigenvalue weighted by Crippen LogP contribution is 2.28. The van der Waals surface area contributed by atoms with Gasteiger partial charge in [0.1, 0.15) is 6.10 Å². The number of carbonyl (C=O) groups is 2. The van der Waals surface area contributed by atoms with E-state index in [2.05, 4.69) is 10.6 Å². The molecule has 1 aliphatic heterocycles. The lowest BCUT2D eigenvalue weighted by Gasteiger charge is -2.22. The Bertz CT molecular complexity index is 504. The molecule has 0 spiro atoms. The molecular weight excluding hydrogens is 276 g/mol. The predicted octanol–water partition coefficient (Wildman–Crippen LogP) is 1.77. The van der Waals surface area contributed by atoms with Gasteiger partial charge in [0.05, 0.1) is 16.6 Å². The summed E-state index contributed by atoms with van der Waals surface area (Å²) in [5.41, 5.74) is 0.474. The molecule has 7 heteroatoms. The highest BCUT2D eigenvalue weighted by Gasteiger charge is 2.42. The lowest BCUT2D eigenvalue weighted by atomic mass is 10.2. The number of fused-ring (bicyclic) bond motifs is 2. The zero-order valence-electron chi connectivity index (χ0n) is 9.31. The Morgan fingerprint density at radius 2 is 2.33 bits per heavy atom. The third-order valence-electron chi connectivity index (χ3n) is 3.26. The first-order valence-electron chi connectivity index (χ1n) is 5.63. The van der Waals surface area contributed by atoms with Crippen LogP contribution in [0.1, 0.15) is 23.2 Å². The van der Waals surface area contributed by atoms with E-state index in [1.807, 2.05) is 0 Å². The molecule has 3 atom stereocenters. The molecule has 5 nitrogen and oxygen atoms in total. The molecule has 1 aromatic heterocycles. The summed E-state index contributed by atoms with van der Waals surface area (Å²) in [5, 5.41) is 9.48. The van der Waals surface area contributed by atoms with Gasteiger partial charge in [-0.25, -0.2) is 4.79 Å². The van der Waals surface area contributed by atoms with Crippen LogP contribution in [0.2, 0.25) is 5.02 Å². The van der Waals surface area contributed by atoms with E-state index in [0.717, 1.165) is 6.42 Å². The summed E-state index contributed by atoms with van der Waals surface area (Å²) in [7, 11) is 0. The first-order chi connectivity index (χ1) is 8.63. The Balaban J connectivity index is 1.69. The van der Waals surface area contributed by atoms with E-state index in [4.69, 9.17) is 16.3 Å². The van der Waals surface area contributed by atoms with E-state index < -0.39 is 6.09 Å². The number of rotatable bonds is 2. The number of hydrogen-bond donors (Lipinski definition) is 2. The van der Waals surface area contributed by atoms with Crippen LogP contribution in [-0.4, -0.2) is 30.2 Å². The number of hydrogen-bond acceptors (Lipinski definition) is 4. The molecule has 2 amide bonds. The van der Waals surface area contributed by atoms with Crippen molar-refractivity contribution in [3.05, 3.63) is 21.3 Å². The minimum absolute atomic E-state index is 0.0968. The van der Waals surface area contributed by atoms with Crippen molar-refractivity contribution in [2.75, 3.05) is 0 Å². The predicted molar refractivity (Wildman–Crippen MR) is 67.0 cm³/mol. The maximum absolute atomic E-state index is 12.0. The molecule has 1 saturated carbocycles. The van der Waals surface area contributed by atoms with Crippen LogP contribution in [0.5, 0.6) is 0 Å². The smallest absolute Gasteiger partial charge is 0.407 e. The van der Waals surface area contributed by atoms with Crippen LogP contribution in [0.3, 0.4) is 0 Å². The minimum atomic E-state index is -0.401. The second-order valence-electron chi connectivity index (χ2n) is 4.47. The summed E-state index contributed by atoms with van der Waals surface area (Å²) >= 11 is 7.29. The van der Waals surface area contributed by atoms with Crippen molar-refractivity contribution in [2.24, 2.45) is 0 Å². The van der Waals surface area contributed by atoms with E-state index in [-0.39, 0.29) is 24.1 Å². The molecule has 0 radical (unpaired) electrons. The molecule has 0 unspecified atom stereocenters. The van der Waals surface area contributed by atoms with E-state index >= 15 is 0 Å². The zero-order valence-corrected chi connectivity index (χ0v) is 10.9. The van der Waals surface area contributed by atoms with Gasteiger partial charge in [0, 0.05) is 23.2 Å². The fraction of sp³-hybridized carbons (Fsp3) is 0.455. The third kappa shape index (κ3) is 2.06. The van der Waals surface area contributed by atoms with Gasteiger partial charge in [0.25, 0.3) is 5.91 Å². The van der Waals surface area contributed by atoms with Gasteiger partial charge >= 0.3 is 6.09 Å². The summed E-state index contributed by atoms with van der Waals surface area (Å²) < 4.78 is 5.14. The number of halogens is 1. The molecule has 2 fully saturated rings. The summed E-state index contributed by atoms with van der Waals surface area (Å²) in [5.74, 6) is -0.213. The molecule has 0 aromatic carbocycles. The van der Waals surface area contributed by atoms with Crippen LogP contribution >= 0.6 is 22.9 Å². The number of alkyl carbamates (subject to hydrolysis) is 1. The second-order valence-corrected chi connectivity index (χ2v) is 5.62. The van der Waals surface area contributed by atoms with Crippen molar-refractivity contribution in [1.29, 1.82) is 0 Å². The van der Waals surface area contributed by atoms with Gasteiger partial charge in [-0.15, -0.1) is 11.3 Å². The largest absolute Gasteiger partial charge is 0.444 e. The van der Waals surface area contributed by atoms with Gasteiger partial charge in [-0.3, -0.25) is 4.79 Å². The van der Waals surface area contributed by atoms with Crippen molar-refractivity contribution < 1.29 is 14.3 Å². The van der Waals surface area contributed by atoms with Gasteiger partial charge in [-0.2, -0.15) is 0 Å². The topological polar surface area (TPSA) is 67.4 Å². The lowest BCUT2D eigenvalue weighted by molar-refractivity contribution is 0.0660. The van der Waals surface area contributed by atoms with Gasteiger partial charge in [-0.05, 0) is 6.42 Å². The molecule has 2 heterocycles. The Hall–Kier alpha value is -1.27. The maximum atomic E-state index is 12.0. The van der Waals surface area contributed by atoms with Crippen molar-refractivity contribution >= 4 is 34.9 Å². The first kappa shape index (κ1) is 11.8. The summed E-state index contributed by atoms with van der Waals surface area (Å²) in [6.45, 7) is 0. The van der Waals surface area contributed by atoms with Crippen molar-refractivity contribution in [1.82, 2.24) is 10.6 Å². The molecule has 96 valence electrons. The standard InChI is InChI=1S/C11H11ClN2O3S/c12-7-4-18-3-6(7)10(15)14-8-1-5-2-9(8)17-11(16)13-5/h3-5,8-9H,1-2H2,(H,13,16)(H,14,15)/t5-,8-,9-/m1/s1. The molecule has 2 aliphatic rings. The Morgan fingerprint density at radius 1 is 1.50 bits per heavy atom. The number of carbonyl (C=O) groups excluding carboxylic acids is 2. The van der Waals surface area contributed by atoms with Gasteiger partial charge in [0.15, 0.2) is 0 Å². The van der Waals surface area contributed by atoms with Crippen LogP contribution in [-0.2, 0) is 4.74 Å². The molecule has 18 heavy (non-hydrogen) atoms. The van der Waals surface area contributed by atoms with Crippen LogP contribution in [0.4, 0.5) is 4.79 Å². The average Bonchev–Trinajstić information content (AvgIpc) is 2.84. The highest BCUT2D eigenvalue weighted by atomic mass is 35.5. The second kappa shape index (κ2) is 4.44. The van der Waals surface area contributed by atoms with E-state index in [1.165, 1.54) is 11.3 Å². The third-order valence-corrected chi connectivity index (χ3v) is 4.45. The zero-order chi connectivity index (χ0) is 12.7. The van der Waals surface area contributed by atoms with E-state index in [9.17, 15) is 9.59 Å². The molecule has 3 rings (SSSR count). The van der Waals surface area contributed by atoms with Crippen LogP contribution < -0.4 is 10.6 Å². The van der Waals surface area contributed by atoms with E-state index in [0.29, 0.717) is 17.0 Å². The Kier molecular flexibility index (Phi) is 2.91. The monoisotopic (exact) mass is 286 g/mol. The summed E-state index contributed by atoms with van der Waals surface area (Å²) in [6.07, 6.45) is 0.810. The molecule has 1 aliphatic carbocycles. The first-order valence-corrected chi connectivity index (χ1v) is 6.95.